The summed E-state index contributed by atoms with van der Waals surface area (Å²) in [5.74, 6) is -0.319. The minimum Gasteiger partial charge on any atom is -0.466 e. The number of allylic oxidation sites excluding steroid dienone is 3. The van der Waals surface area contributed by atoms with Crippen molar-refractivity contribution in [3.8, 4) is 0 Å². The van der Waals surface area contributed by atoms with Crippen LogP contribution in [0, 0.1) is 0 Å². The fourth-order valence-electron chi connectivity index (χ4n) is 0.417. The molecule has 0 bridgehead atoms. The van der Waals surface area contributed by atoms with E-state index in [2.05, 4.69) is 4.74 Å². The molecule has 0 heterocycles. The topological polar surface area (TPSA) is 26.3 Å². The van der Waals surface area contributed by atoms with Crippen LogP contribution in [-0.2, 0) is 9.53 Å². The van der Waals surface area contributed by atoms with Crippen molar-refractivity contribution in [2.75, 3.05) is 7.11 Å². The minimum absolute atomic E-state index is 0.319. The molecule has 0 atom stereocenters. The number of ether oxygens (including phenoxy) is 1. The molecule has 0 aliphatic carbocycles. The Labute approximate surface area is 61.2 Å². The van der Waals surface area contributed by atoms with Crippen LogP contribution in [0.15, 0.2) is 24.3 Å². The lowest BCUT2D eigenvalue weighted by Crippen LogP contribution is -1.92. The molecule has 0 unspecified atom stereocenters. The summed E-state index contributed by atoms with van der Waals surface area (Å²) in [5, 5.41) is 0. The largest absolute Gasteiger partial charge is 0.466 e. The molecule has 0 saturated carbocycles. The van der Waals surface area contributed by atoms with Crippen molar-refractivity contribution in [1.82, 2.24) is 0 Å². The molecule has 0 aliphatic heterocycles. The summed E-state index contributed by atoms with van der Waals surface area (Å²) < 4.78 is 4.37. The van der Waals surface area contributed by atoms with Crippen LogP contribution in [-0.4, -0.2) is 13.1 Å². The highest BCUT2D eigenvalue weighted by molar-refractivity contribution is 5.82. The van der Waals surface area contributed by atoms with Gasteiger partial charge in [-0.2, -0.15) is 0 Å². The van der Waals surface area contributed by atoms with E-state index in [-0.39, 0.29) is 5.97 Å². The molecule has 0 N–H and O–H groups in total. The molecule has 0 spiro atoms. The van der Waals surface area contributed by atoms with Crippen LogP contribution in [0.3, 0.4) is 0 Å². The van der Waals surface area contributed by atoms with E-state index >= 15 is 0 Å². The maximum Gasteiger partial charge on any atom is 0.330 e. The Morgan fingerprint density at radius 3 is 2.70 bits per heavy atom. The van der Waals surface area contributed by atoms with E-state index in [4.69, 9.17) is 0 Å². The van der Waals surface area contributed by atoms with Gasteiger partial charge in [0.2, 0.25) is 0 Å². The number of rotatable bonds is 3. The van der Waals surface area contributed by atoms with Crippen LogP contribution in [0.5, 0.6) is 0 Å². The molecule has 2 nitrogen and oxygen atoms in total. The molecule has 0 aliphatic rings. The third-order valence-corrected chi connectivity index (χ3v) is 0.916. The van der Waals surface area contributed by atoms with Crippen molar-refractivity contribution >= 4 is 5.97 Å². The van der Waals surface area contributed by atoms with Gasteiger partial charge >= 0.3 is 5.97 Å². The number of carbonyl (C=O) groups is 1. The van der Waals surface area contributed by atoms with Gasteiger partial charge in [0.05, 0.1) is 7.11 Å². The molecule has 0 aromatic carbocycles. The molecule has 0 aromatic heterocycles. The van der Waals surface area contributed by atoms with E-state index < -0.39 is 0 Å². The lowest BCUT2D eigenvalue weighted by atomic mass is 10.4. The van der Waals surface area contributed by atoms with Crippen molar-refractivity contribution < 1.29 is 9.53 Å². The van der Waals surface area contributed by atoms with Crippen LogP contribution in [0.2, 0.25) is 0 Å². The number of methoxy groups -OCH3 is 1. The summed E-state index contributed by atoms with van der Waals surface area (Å²) in [5.41, 5.74) is 0. The van der Waals surface area contributed by atoms with Gasteiger partial charge in [0.1, 0.15) is 0 Å². The summed E-state index contributed by atoms with van der Waals surface area (Å²) in [6.45, 7) is 2.03. The highest BCUT2D eigenvalue weighted by Gasteiger charge is 1.85. The maximum atomic E-state index is 10.4. The molecular formula is C8H12O2. The van der Waals surface area contributed by atoms with Gasteiger partial charge in [0.25, 0.3) is 0 Å². The van der Waals surface area contributed by atoms with Crippen LogP contribution >= 0.6 is 0 Å². The number of carbonyl (C=O) groups excluding carboxylic acids is 1. The lowest BCUT2D eigenvalue weighted by Gasteiger charge is -1.85. The van der Waals surface area contributed by atoms with E-state index in [1.54, 1.807) is 6.08 Å². The zero-order chi connectivity index (χ0) is 7.82. The summed E-state index contributed by atoms with van der Waals surface area (Å²) in [6, 6.07) is 0. The van der Waals surface area contributed by atoms with Gasteiger partial charge in [-0.15, -0.1) is 0 Å². The molecule has 10 heavy (non-hydrogen) atoms. The van der Waals surface area contributed by atoms with Crippen molar-refractivity contribution in [2.45, 2.75) is 13.3 Å². The predicted octanol–water partition coefficient (Wildman–Crippen LogP) is 1.68. The van der Waals surface area contributed by atoms with E-state index in [1.807, 2.05) is 19.1 Å². The van der Waals surface area contributed by atoms with Crippen molar-refractivity contribution in [1.29, 1.82) is 0 Å². The molecule has 0 rings (SSSR count). The smallest absolute Gasteiger partial charge is 0.330 e. The second kappa shape index (κ2) is 6.08. The van der Waals surface area contributed by atoms with Crippen molar-refractivity contribution in [3.05, 3.63) is 24.3 Å². The van der Waals surface area contributed by atoms with Crippen molar-refractivity contribution in [2.24, 2.45) is 0 Å². The maximum absolute atomic E-state index is 10.4. The average molecular weight is 140 g/mol. The van der Waals surface area contributed by atoms with Crippen LogP contribution in [0.4, 0.5) is 0 Å². The Morgan fingerprint density at radius 2 is 2.20 bits per heavy atom. The Kier molecular flexibility index (Phi) is 5.44. The van der Waals surface area contributed by atoms with E-state index in [0.717, 1.165) is 6.42 Å². The summed E-state index contributed by atoms with van der Waals surface area (Å²) in [4.78, 5) is 10.4. The zero-order valence-corrected chi connectivity index (χ0v) is 6.33. The Bertz CT molecular complexity index is 145. The zero-order valence-electron chi connectivity index (χ0n) is 6.33. The third kappa shape index (κ3) is 5.09. The lowest BCUT2D eigenvalue weighted by molar-refractivity contribution is -0.134. The quantitative estimate of drug-likeness (QED) is 0.338. The van der Waals surface area contributed by atoms with Gasteiger partial charge in [0.15, 0.2) is 0 Å². The monoisotopic (exact) mass is 140 g/mol. The number of hydrogen-bond donors (Lipinski definition) is 0. The summed E-state index contributed by atoms with van der Waals surface area (Å²) in [6.07, 6.45) is 7.80. The first-order valence-electron chi connectivity index (χ1n) is 3.22. The Morgan fingerprint density at radius 1 is 1.50 bits per heavy atom. The second-order valence-corrected chi connectivity index (χ2v) is 1.72. The first-order chi connectivity index (χ1) is 4.81. The van der Waals surface area contributed by atoms with Crippen LogP contribution < -0.4 is 0 Å². The Balaban J connectivity index is 3.55. The molecule has 56 valence electrons. The summed E-state index contributed by atoms with van der Waals surface area (Å²) in [7, 11) is 1.36. The van der Waals surface area contributed by atoms with Crippen molar-refractivity contribution in [3.63, 3.8) is 0 Å². The normalized spacial score (nSPS) is 11.0. The molecular weight excluding hydrogens is 128 g/mol. The molecule has 0 aromatic rings. The van der Waals surface area contributed by atoms with E-state index in [1.165, 1.54) is 13.2 Å². The van der Waals surface area contributed by atoms with Gasteiger partial charge in [0, 0.05) is 6.08 Å². The van der Waals surface area contributed by atoms with Crippen LogP contribution in [0.1, 0.15) is 13.3 Å². The Hall–Kier alpha value is -1.05. The average Bonchev–Trinajstić information content (AvgIpc) is 1.98. The first kappa shape index (κ1) is 8.95. The predicted molar refractivity (Wildman–Crippen MR) is 40.6 cm³/mol. The highest BCUT2D eigenvalue weighted by Crippen LogP contribution is 1.82. The molecule has 0 fully saturated rings. The van der Waals surface area contributed by atoms with Gasteiger partial charge in [-0.05, 0) is 6.42 Å². The number of hydrogen-bond acceptors (Lipinski definition) is 2. The second-order valence-electron chi connectivity index (χ2n) is 1.72. The molecule has 0 saturated heterocycles. The van der Waals surface area contributed by atoms with Gasteiger partial charge < -0.3 is 4.74 Å². The summed E-state index contributed by atoms with van der Waals surface area (Å²) >= 11 is 0. The van der Waals surface area contributed by atoms with Gasteiger partial charge in [-0.1, -0.05) is 25.2 Å². The number of esters is 1. The van der Waals surface area contributed by atoms with E-state index in [0.29, 0.717) is 0 Å². The fourth-order valence-corrected chi connectivity index (χ4v) is 0.417. The SMILES string of the molecule is CC/C=C\C=CC(=O)OC. The van der Waals surface area contributed by atoms with Gasteiger partial charge in [-0.3, -0.25) is 0 Å². The molecule has 2 heteroatoms. The fraction of sp³-hybridized carbons (Fsp3) is 0.375. The first-order valence-corrected chi connectivity index (χ1v) is 3.22. The third-order valence-electron chi connectivity index (χ3n) is 0.916. The van der Waals surface area contributed by atoms with Crippen LogP contribution in [0.25, 0.3) is 0 Å². The molecule has 0 radical (unpaired) electrons. The molecule has 0 amide bonds. The standard InChI is InChI=1S/C8H12O2/c1-3-4-5-6-7-8(9)10-2/h4-7H,3H2,1-2H3/b5-4-,7-6?. The highest BCUT2D eigenvalue weighted by atomic mass is 16.5. The van der Waals surface area contributed by atoms with Gasteiger partial charge in [-0.25, -0.2) is 4.79 Å². The minimum atomic E-state index is -0.319. The van der Waals surface area contributed by atoms with E-state index in [9.17, 15) is 4.79 Å².